The van der Waals surface area contributed by atoms with E-state index in [1.54, 1.807) is 0 Å². The van der Waals surface area contributed by atoms with Crippen molar-refractivity contribution in [2.24, 2.45) is 0 Å². The van der Waals surface area contributed by atoms with E-state index < -0.39 is 66.6 Å². The van der Waals surface area contributed by atoms with E-state index in [4.69, 9.17) is 4.74 Å². The van der Waals surface area contributed by atoms with Gasteiger partial charge in [0.1, 0.15) is 47.6 Å². The number of benzene rings is 2. The molecule has 0 spiro atoms. The minimum atomic E-state index is -2.42. The maximum atomic E-state index is 13.1. The topological polar surface area (TPSA) is 188 Å². The van der Waals surface area contributed by atoms with Gasteiger partial charge in [0.05, 0.1) is 24.3 Å². The number of hydrogen-bond acceptors (Lipinski definition) is 10. The molecule has 6 atom stereocenters. The summed E-state index contributed by atoms with van der Waals surface area (Å²) < 4.78 is 5.58. The maximum absolute atomic E-state index is 13.1. The number of carbonyl (C=O) groups excluding carboxylic acids is 1. The monoisotopic (exact) mass is 434 g/mol. The molecule has 10 nitrogen and oxygen atoms in total. The highest BCUT2D eigenvalue weighted by molar-refractivity contribution is 6.16. The summed E-state index contributed by atoms with van der Waals surface area (Å²) in [5.74, 6) is -1.88. The largest absolute Gasteiger partial charge is 0.507 e. The average molecular weight is 434 g/mol. The lowest BCUT2D eigenvalue weighted by Crippen LogP contribution is -2.65. The van der Waals surface area contributed by atoms with Crippen LogP contribution in [0.1, 0.15) is 32.6 Å². The van der Waals surface area contributed by atoms with Crippen LogP contribution in [0.4, 0.5) is 0 Å². The van der Waals surface area contributed by atoms with Crippen molar-refractivity contribution < 1.29 is 50.4 Å². The van der Waals surface area contributed by atoms with Gasteiger partial charge in [-0.2, -0.15) is 0 Å². The van der Waals surface area contributed by atoms with Crippen molar-refractivity contribution in [1.82, 2.24) is 0 Å². The van der Waals surface area contributed by atoms with Gasteiger partial charge < -0.3 is 45.6 Å². The zero-order valence-corrected chi connectivity index (χ0v) is 16.1. The second-order valence-electron chi connectivity index (χ2n) is 7.74. The fourth-order valence-corrected chi connectivity index (χ4v) is 4.44. The first kappa shape index (κ1) is 21.7. The third kappa shape index (κ3) is 2.96. The molecule has 8 N–H and O–H groups in total. The number of carbonyl (C=O) groups is 1. The molecule has 0 amide bonds. The molecule has 1 heterocycles. The highest BCUT2D eigenvalue weighted by Crippen LogP contribution is 2.50. The molecule has 1 aliphatic carbocycles. The lowest BCUT2D eigenvalue weighted by Gasteiger charge is -2.49. The Morgan fingerprint density at radius 3 is 2.23 bits per heavy atom. The van der Waals surface area contributed by atoms with Crippen molar-refractivity contribution in [2.45, 2.75) is 42.7 Å². The smallest absolute Gasteiger partial charge is 0.201 e. The molecule has 10 heteroatoms. The third-order valence-corrected chi connectivity index (χ3v) is 5.98. The van der Waals surface area contributed by atoms with E-state index in [1.165, 1.54) is 24.3 Å². The molecule has 1 aliphatic heterocycles. The number of hydrogen-bond donors (Lipinski definition) is 8. The van der Waals surface area contributed by atoms with Crippen LogP contribution < -0.4 is 0 Å². The molecular formula is C21H22O10. The van der Waals surface area contributed by atoms with Crippen LogP contribution in [0, 0.1) is 0 Å². The first-order chi connectivity index (χ1) is 14.7. The maximum Gasteiger partial charge on any atom is 0.201 e. The van der Waals surface area contributed by atoms with E-state index >= 15 is 0 Å². The minimum Gasteiger partial charge on any atom is -0.507 e. The van der Waals surface area contributed by atoms with E-state index in [0.717, 1.165) is 6.07 Å². The summed E-state index contributed by atoms with van der Waals surface area (Å²) in [6.45, 7) is -1.30. The first-order valence-corrected chi connectivity index (χ1v) is 9.54. The number of aliphatic hydroxyl groups is 6. The molecule has 1 saturated heterocycles. The lowest BCUT2D eigenvalue weighted by atomic mass is 9.68. The van der Waals surface area contributed by atoms with E-state index in [2.05, 4.69) is 0 Å². The van der Waals surface area contributed by atoms with Crippen LogP contribution in [0.25, 0.3) is 0 Å². The Morgan fingerprint density at radius 1 is 0.903 bits per heavy atom. The average Bonchev–Trinajstić information content (AvgIpc) is 2.75. The highest BCUT2D eigenvalue weighted by Gasteiger charge is 2.57. The molecule has 4 rings (SSSR count). The number of rotatable bonds is 3. The van der Waals surface area contributed by atoms with Gasteiger partial charge in [-0.1, -0.05) is 12.1 Å². The summed E-state index contributed by atoms with van der Waals surface area (Å²) in [6.07, 6.45) is -8.49. The summed E-state index contributed by atoms with van der Waals surface area (Å²) in [4.78, 5) is 13.1. The first-order valence-electron chi connectivity index (χ1n) is 9.54. The van der Waals surface area contributed by atoms with Crippen LogP contribution in [0.3, 0.4) is 0 Å². The Balaban J connectivity index is 2.04. The van der Waals surface area contributed by atoms with Crippen molar-refractivity contribution in [3.8, 4) is 11.5 Å². The van der Waals surface area contributed by atoms with Crippen molar-refractivity contribution in [2.75, 3.05) is 6.61 Å². The Hall–Kier alpha value is -2.57. The van der Waals surface area contributed by atoms with Crippen LogP contribution in [0.5, 0.6) is 11.5 Å². The normalized spacial score (nSPS) is 32.5. The third-order valence-electron chi connectivity index (χ3n) is 5.98. The molecule has 31 heavy (non-hydrogen) atoms. The lowest BCUT2D eigenvalue weighted by molar-refractivity contribution is -0.265. The van der Waals surface area contributed by atoms with Gasteiger partial charge in [0, 0.05) is 11.1 Å². The summed E-state index contributed by atoms with van der Waals surface area (Å²) in [6, 6.07) is 6.21. The van der Waals surface area contributed by atoms with E-state index in [0.29, 0.717) is 0 Å². The number of fused-ring (bicyclic) bond motifs is 2. The number of aliphatic hydroxyl groups excluding tert-OH is 5. The molecule has 1 fully saturated rings. The van der Waals surface area contributed by atoms with Gasteiger partial charge in [-0.15, -0.1) is 0 Å². The van der Waals surface area contributed by atoms with Gasteiger partial charge in [-0.25, -0.2) is 0 Å². The molecule has 166 valence electrons. The van der Waals surface area contributed by atoms with Crippen LogP contribution in [-0.2, 0) is 16.9 Å². The zero-order valence-electron chi connectivity index (χ0n) is 16.1. The van der Waals surface area contributed by atoms with E-state index in [1.807, 2.05) is 0 Å². The molecule has 0 radical (unpaired) electrons. The Kier molecular flexibility index (Phi) is 5.26. The summed E-state index contributed by atoms with van der Waals surface area (Å²) in [5.41, 5.74) is -3.43. The molecule has 2 aromatic carbocycles. The quantitative estimate of drug-likeness (QED) is 0.274. The number of ether oxygens (including phenoxy) is 1. The number of ketones is 1. The standard InChI is InChI=1S/C21H22O10/c22-6-8-4-10-15(12(25)5-8)17(27)14-9(2-1-3-11(14)24)21(10,30)20-19(29)18(28)16(26)13(7-23)31-20/h1-5,13,16,18-20,22-26,28-30H,6-7H2/t13-,16+,18+,19+,20+,21+/m0/s1. The van der Waals surface area contributed by atoms with Gasteiger partial charge >= 0.3 is 0 Å². The van der Waals surface area contributed by atoms with Gasteiger partial charge in [0.25, 0.3) is 0 Å². The summed E-state index contributed by atoms with van der Waals surface area (Å²) in [5, 5.41) is 83.0. The van der Waals surface area contributed by atoms with Crippen LogP contribution in [0.15, 0.2) is 30.3 Å². The molecule has 0 bridgehead atoms. The minimum absolute atomic E-state index is 0.135. The number of phenolic OH excluding ortho intramolecular Hbond substituents is 2. The fourth-order valence-electron chi connectivity index (χ4n) is 4.44. The van der Waals surface area contributed by atoms with Crippen molar-refractivity contribution in [3.05, 3.63) is 58.1 Å². The second-order valence-corrected chi connectivity index (χ2v) is 7.74. The highest BCUT2D eigenvalue weighted by atomic mass is 16.6. The fraction of sp³-hybridized carbons (Fsp3) is 0.381. The van der Waals surface area contributed by atoms with Crippen LogP contribution >= 0.6 is 0 Å². The summed E-state index contributed by atoms with van der Waals surface area (Å²) in [7, 11) is 0. The molecule has 2 aliphatic rings. The number of aromatic hydroxyl groups is 2. The van der Waals surface area contributed by atoms with E-state index in [-0.39, 0.29) is 27.8 Å². The van der Waals surface area contributed by atoms with Crippen LogP contribution in [-0.4, -0.2) is 83.8 Å². The van der Waals surface area contributed by atoms with Gasteiger partial charge in [0.15, 0.2) is 0 Å². The van der Waals surface area contributed by atoms with E-state index in [9.17, 15) is 45.6 Å². The number of phenols is 2. The van der Waals surface area contributed by atoms with Crippen molar-refractivity contribution >= 4 is 5.78 Å². The molecular weight excluding hydrogens is 412 g/mol. The SMILES string of the molecule is O=C1c2c(O)cccc2[C@](O)([C@@H]2O[C@@H](CO)[C@@H](O)[C@@H](O)[C@H]2O)c2cc(CO)cc(O)c21. The van der Waals surface area contributed by atoms with Crippen LogP contribution in [0.2, 0.25) is 0 Å². The molecule has 0 aromatic heterocycles. The Labute approximate surface area is 175 Å². The molecule has 2 aromatic rings. The Morgan fingerprint density at radius 2 is 1.58 bits per heavy atom. The molecule has 0 saturated carbocycles. The zero-order chi connectivity index (χ0) is 22.7. The van der Waals surface area contributed by atoms with Gasteiger partial charge in [-0.3, -0.25) is 4.79 Å². The summed E-state index contributed by atoms with van der Waals surface area (Å²) >= 11 is 0. The second kappa shape index (κ2) is 7.53. The predicted molar refractivity (Wildman–Crippen MR) is 102 cm³/mol. The van der Waals surface area contributed by atoms with Gasteiger partial charge in [-0.05, 0) is 23.8 Å². The molecule has 0 unspecified atom stereocenters. The van der Waals surface area contributed by atoms with Crippen molar-refractivity contribution in [3.63, 3.8) is 0 Å². The predicted octanol–water partition coefficient (Wildman–Crippen LogP) is -1.79. The van der Waals surface area contributed by atoms with Gasteiger partial charge in [0.2, 0.25) is 5.78 Å². The Bertz CT molecular complexity index is 1040. The van der Waals surface area contributed by atoms with Crippen molar-refractivity contribution in [1.29, 1.82) is 0 Å².